The predicted molar refractivity (Wildman–Crippen MR) is 131 cm³/mol. The summed E-state index contributed by atoms with van der Waals surface area (Å²) in [5.41, 5.74) is 7.50. The highest BCUT2D eigenvalue weighted by Crippen LogP contribution is 2.43. The number of hydrogen-bond acceptors (Lipinski definition) is 5. The molecule has 0 bridgehead atoms. The number of carbonyl (C=O) groups is 1. The lowest BCUT2D eigenvalue weighted by Gasteiger charge is -2.28. The van der Waals surface area contributed by atoms with E-state index in [0.29, 0.717) is 28.6 Å². The molecule has 0 aliphatic rings. The van der Waals surface area contributed by atoms with Gasteiger partial charge in [0.05, 0.1) is 11.4 Å². The molecule has 2 aromatic rings. The molecular formula is C26H38N2O4. The summed E-state index contributed by atoms with van der Waals surface area (Å²) >= 11 is 0. The van der Waals surface area contributed by atoms with E-state index < -0.39 is 11.7 Å². The molecule has 6 nitrogen and oxygen atoms in total. The zero-order valence-corrected chi connectivity index (χ0v) is 21.1. The summed E-state index contributed by atoms with van der Waals surface area (Å²) in [6.45, 7) is 17.7. The second kappa shape index (κ2) is 8.57. The summed E-state index contributed by atoms with van der Waals surface area (Å²) in [5.74, 6) is 1.42. The number of amides is 1. The lowest BCUT2D eigenvalue weighted by atomic mass is 9.79. The normalized spacial score (nSPS) is 12.4. The van der Waals surface area contributed by atoms with Crippen molar-refractivity contribution in [2.75, 3.05) is 17.7 Å². The van der Waals surface area contributed by atoms with Crippen LogP contribution in [0.1, 0.15) is 73.4 Å². The van der Waals surface area contributed by atoms with E-state index in [1.165, 1.54) is 4.90 Å². The summed E-state index contributed by atoms with van der Waals surface area (Å²) in [6, 6.07) is 8.87. The SMILES string of the molecule is CN(C(=O)OC(C)(C)C)c1cc(Oc2cc(C(C)(C)C)c(O)c(C(C)(C)C)c2)ccc1N. The summed E-state index contributed by atoms with van der Waals surface area (Å²) in [4.78, 5) is 13.9. The Balaban J connectivity index is 2.47. The zero-order valence-electron chi connectivity index (χ0n) is 21.1. The number of nitrogen functional groups attached to an aromatic ring is 1. The van der Waals surface area contributed by atoms with Crippen LogP contribution < -0.4 is 15.4 Å². The van der Waals surface area contributed by atoms with Crippen LogP contribution in [0.5, 0.6) is 17.2 Å². The van der Waals surface area contributed by atoms with Crippen molar-refractivity contribution >= 4 is 17.5 Å². The first-order valence-corrected chi connectivity index (χ1v) is 10.8. The number of phenolic OH excluding ortho intramolecular Hbond substituents is 1. The van der Waals surface area contributed by atoms with Crippen molar-refractivity contribution in [3.63, 3.8) is 0 Å². The van der Waals surface area contributed by atoms with Gasteiger partial charge in [-0.25, -0.2) is 4.79 Å². The second-order valence-corrected chi connectivity index (χ2v) is 11.2. The van der Waals surface area contributed by atoms with Gasteiger partial charge in [0.1, 0.15) is 22.8 Å². The average molecular weight is 443 g/mol. The molecule has 176 valence electrons. The highest BCUT2D eigenvalue weighted by Gasteiger charge is 2.27. The summed E-state index contributed by atoms with van der Waals surface area (Å²) in [6.07, 6.45) is -0.504. The molecule has 0 heterocycles. The van der Waals surface area contributed by atoms with Crippen LogP contribution in [0.15, 0.2) is 30.3 Å². The van der Waals surface area contributed by atoms with Crippen molar-refractivity contribution in [2.45, 2.75) is 78.7 Å². The van der Waals surface area contributed by atoms with Crippen molar-refractivity contribution in [3.8, 4) is 17.2 Å². The predicted octanol–water partition coefficient (Wildman–Crippen LogP) is 6.73. The van der Waals surface area contributed by atoms with Crippen LogP contribution in [-0.4, -0.2) is 23.8 Å². The van der Waals surface area contributed by atoms with Gasteiger partial charge in [-0.15, -0.1) is 0 Å². The Labute approximate surface area is 192 Å². The van der Waals surface area contributed by atoms with Gasteiger partial charge in [-0.2, -0.15) is 0 Å². The number of carbonyl (C=O) groups excluding carboxylic acids is 1. The quantitative estimate of drug-likeness (QED) is 0.515. The first-order chi connectivity index (χ1) is 14.4. The number of anilines is 2. The van der Waals surface area contributed by atoms with Gasteiger partial charge in [0, 0.05) is 24.2 Å². The third-order valence-corrected chi connectivity index (χ3v) is 4.97. The Bertz CT molecular complexity index is 957. The van der Waals surface area contributed by atoms with Crippen molar-refractivity contribution in [2.24, 2.45) is 0 Å². The van der Waals surface area contributed by atoms with Gasteiger partial charge in [0.25, 0.3) is 0 Å². The molecule has 0 saturated carbocycles. The standard InChI is InChI=1S/C26H38N2O4/c1-24(2,3)18-13-17(14-19(22(18)29)25(4,5)6)31-16-11-12-20(27)21(15-16)28(10)23(30)32-26(7,8)9/h11-15,29H,27H2,1-10H3. The molecule has 0 fully saturated rings. The highest BCUT2D eigenvalue weighted by molar-refractivity contribution is 5.91. The second-order valence-electron chi connectivity index (χ2n) is 11.2. The number of nitrogens with two attached hydrogens (primary N) is 1. The van der Waals surface area contributed by atoms with Crippen LogP contribution in [0, 0.1) is 0 Å². The molecule has 32 heavy (non-hydrogen) atoms. The van der Waals surface area contributed by atoms with Gasteiger partial charge >= 0.3 is 6.09 Å². The average Bonchev–Trinajstić information content (AvgIpc) is 2.60. The topological polar surface area (TPSA) is 85.0 Å². The molecule has 0 saturated heterocycles. The molecule has 0 aliphatic carbocycles. The van der Waals surface area contributed by atoms with Crippen LogP contribution >= 0.6 is 0 Å². The van der Waals surface area contributed by atoms with Gasteiger partial charge in [-0.05, 0) is 55.9 Å². The molecular weight excluding hydrogens is 404 g/mol. The molecule has 0 spiro atoms. The first-order valence-electron chi connectivity index (χ1n) is 10.8. The van der Waals surface area contributed by atoms with Crippen molar-refractivity contribution in [3.05, 3.63) is 41.5 Å². The van der Waals surface area contributed by atoms with E-state index in [4.69, 9.17) is 15.2 Å². The minimum absolute atomic E-state index is 0.271. The van der Waals surface area contributed by atoms with E-state index in [2.05, 4.69) is 41.5 Å². The molecule has 2 rings (SSSR count). The lowest BCUT2D eigenvalue weighted by Crippen LogP contribution is -2.34. The Morgan fingerprint density at radius 1 is 0.875 bits per heavy atom. The van der Waals surface area contributed by atoms with Crippen molar-refractivity contribution in [1.82, 2.24) is 0 Å². The van der Waals surface area contributed by atoms with E-state index in [0.717, 1.165) is 11.1 Å². The number of aromatic hydroxyl groups is 1. The number of benzene rings is 2. The molecule has 3 N–H and O–H groups in total. The van der Waals surface area contributed by atoms with E-state index in [1.54, 1.807) is 25.2 Å². The number of nitrogens with zero attached hydrogens (tertiary/aromatic N) is 1. The smallest absolute Gasteiger partial charge is 0.414 e. The van der Waals surface area contributed by atoms with Gasteiger partial charge in [-0.1, -0.05) is 41.5 Å². The van der Waals surface area contributed by atoms with Gasteiger partial charge in [-0.3, -0.25) is 4.90 Å². The van der Waals surface area contributed by atoms with Crippen LogP contribution in [0.2, 0.25) is 0 Å². The minimum Gasteiger partial charge on any atom is -0.507 e. The molecule has 6 heteroatoms. The monoisotopic (exact) mass is 442 g/mol. The third kappa shape index (κ3) is 6.09. The van der Waals surface area contributed by atoms with Crippen molar-refractivity contribution < 1.29 is 19.4 Å². The molecule has 0 aliphatic heterocycles. The van der Waals surface area contributed by atoms with Crippen LogP contribution in [0.3, 0.4) is 0 Å². The molecule has 0 aromatic heterocycles. The highest BCUT2D eigenvalue weighted by atomic mass is 16.6. The fourth-order valence-electron chi connectivity index (χ4n) is 3.25. The zero-order chi connectivity index (χ0) is 24.6. The van der Waals surface area contributed by atoms with E-state index >= 15 is 0 Å². The van der Waals surface area contributed by atoms with Gasteiger partial charge in [0.15, 0.2) is 0 Å². The number of ether oxygens (including phenoxy) is 2. The Kier molecular flexibility index (Phi) is 6.79. The summed E-state index contributed by atoms with van der Waals surface area (Å²) < 4.78 is 11.6. The van der Waals surface area contributed by atoms with E-state index in [9.17, 15) is 9.90 Å². The van der Waals surface area contributed by atoms with Gasteiger partial charge in [0.2, 0.25) is 0 Å². The van der Waals surface area contributed by atoms with Crippen LogP contribution in [0.4, 0.5) is 16.2 Å². The Morgan fingerprint density at radius 2 is 1.38 bits per heavy atom. The maximum atomic E-state index is 12.5. The fourth-order valence-corrected chi connectivity index (χ4v) is 3.25. The van der Waals surface area contributed by atoms with Crippen LogP contribution in [0.25, 0.3) is 0 Å². The maximum Gasteiger partial charge on any atom is 0.414 e. The number of phenols is 1. The minimum atomic E-state index is -0.618. The summed E-state index contributed by atoms with van der Waals surface area (Å²) in [7, 11) is 1.61. The third-order valence-electron chi connectivity index (χ3n) is 4.97. The number of rotatable bonds is 3. The van der Waals surface area contributed by atoms with Crippen molar-refractivity contribution in [1.29, 1.82) is 0 Å². The fraction of sp³-hybridized carbons (Fsp3) is 0.500. The molecule has 1 amide bonds. The van der Waals surface area contributed by atoms with E-state index in [1.807, 2.05) is 32.9 Å². The summed E-state index contributed by atoms with van der Waals surface area (Å²) in [5, 5.41) is 10.9. The largest absolute Gasteiger partial charge is 0.507 e. The van der Waals surface area contributed by atoms with E-state index in [-0.39, 0.29) is 10.8 Å². The molecule has 0 radical (unpaired) electrons. The van der Waals surface area contributed by atoms with Gasteiger partial charge < -0.3 is 20.3 Å². The van der Waals surface area contributed by atoms with Crippen LogP contribution in [-0.2, 0) is 15.6 Å². The number of hydrogen-bond donors (Lipinski definition) is 2. The molecule has 0 unspecified atom stereocenters. The molecule has 0 atom stereocenters. The first kappa shape index (κ1) is 25.4. The lowest BCUT2D eigenvalue weighted by molar-refractivity contribution is 0.0589. The Morgan fingerprint density at radius 3 is 1.81 bits per heavy atom. The Hall–Kier alpha value is -2.89. The molecule has 2 aromatic carbocycles. The maximum absolute atomic E-state index is 12.5.